The Morgan fingerprint density at radius 1 is 1.00 bits per heavy atom. The summed E-state index contributed by atoms with van der Waals surface area (Å²) in [7, 11) is 0. The van der Waals surface area contributed by atoms with Crippen molar-refractivity contribution in [2.75, 3.05) is 0 Å². The molecule has 0 N–H and O–H groups in total. The summed E-state index contributed by atoms with van der Waals surface area (Å²) in [5, 5.41) is 0. The Morgan fingerprint density at radius 3 is 2.17 bits per heavy atom. The number of allylic oxidation sites excluding steroid dienone is 9. The Balaban J connectivity index is 0.000000707. The van der Waals surface area contributed by atoms with Gasteiger partial charge < -0.3 is 0 Å². The highest BCUT2D eigenvalue weighted by molar-refractivity contribution is 5.23. The maximum absolute atomic E-state index is 12.5. The van der Waals surface area contributed by atoms with E-state index in [1.807, 2.05) is 26.0 Å². The van der Waals surface area contributed by atoms with Crippen LogP contribution in [0.25, 0.3) is 0 Å². The predicted octanol–water partition coefficient (Wildman–Crippen LogP) is 13.5. The normalized spacial score (nSPS) is 23.2. The minimum Gasteiger partial charge on any atom is -0.207 e. The van der Waals surface area contributed by atoms with Crippen LogP contribution in [-0.4, -0.2) is 5.92 Å². The maximum Gasteiger partial charge on any atom is 0.248 e. The van der Waals surface area contributed by atoms with Gasteiger partial charge in [0, 0.05) is 6.42 Å². The smallest absolute Gasteiger partial charge is 0.207 e. The zero-order valence-corrected chi connectivity index (χ0v) is 26.5. The monoisotopic (exact) mass is 561 g/mol. The molecule has 2 saturated carbocycles. The largest absolute Gasteiger partial charge is 0.248 e. The van der Waals surface area contributed by atoms with Crippen LogP contribution in [0.1, 0.15) is 145 Å². The summed E-state index contributed by atoms with van der Waals surface area (Å²) in [6.45, 7) is 15.4. The molecule has 40 heavy (non-hydrogen) atoms. The van der Waals surface area contributed by atoms with E-state index in [1.165, 1.54) is 89.0 Å². The molecular weight excluding hydrogens is 494 g/mol. The first-order valence-corrected chi connectivity index (χ1v) is 16.3. The molecule has 0 heterocycles. The summed E-state index contributed by atoms with van der Waals surface area (Å²) in [6, 6.07) is 0. The topological polar surface area (TPSA) is 0 Å². The molecule has 0 aromatic heterocycles. The predicted molar refractivity (Wildman–Crippen MR) is 177 cm³/mol. The first-order valence-electron chi connectivity index (χ1n) is 16.3. The fourth-order valence-corrected chi connectivity index (χ4v) is 5.79. The Hall–Kier alpha value is -1.44. The third-order valence-electron chi connectivity index (χ3n) is 9.16. The van der Waals surface area contributed by atoms with Crippen molar-refractivity contribution < 1.29 is 8.78 Å². The minimum atomic E-state index is -2.58. The van der Waals surface area contributed by atoms with Crippen LogP contribution in [0.5, 0.6) is 0 Å². The molecule has 0 aromatic rings. The average Bonchev–Trinajstić information content (AvgIpc) is 3.18. The van der Waals surface area contributed by atoms with Gasteiger partial charge >= 0.3 is 0 Å². The zero-order valence-electron chi connectivity index (χ0n) is 26.5. The molecule has 0 saturated heterocycles. The summed E-state index contributed by atoms with van der Waals surface area (Å²) < 4.78 is 25.1. The molecule has 0 nitrogen and oxygen atoms in total. The van der Waals surface area contributed by atoms with Crippen LogP contribution in [0.4, 0.5) is 8.78 Å². The third kappa shape index (κ3) is 17.4. The summed E-state index contributed by atoms with van der Waals surface area (Å²) in [5.74, 6) is 1.93. The molecule has 2 atom stereocenters. The minimum absolute atomic E-state index is 0. The Kier molecular flexibility index (Phi) is 21.4. The lowest BCUT2D eigenvalue weighted by atomic mass is 9.75. The second-order valence-electron chi connectivity index (χ2n) is 12.6. The maximum atomic E-state index is 12.5. The summed E-state index contributed by atoms with van der Waals surface area (Å²) in [6.07, 6.45) is 33.5. The van der Waals surface area contributed by atoms with Gasteiger partial charge in [-0.25, -0.2) is 8.78 Å². The zero-order chi connectivity index (χ0) is 29.1. The third-order valence-corrected chi connectivity index (χ3v) is 9.16. The van der Waals surface area contributed by atoms with E-state index in [1.54, 1.807) is 17.7 Å². The number of halogens is 2. The van der Waals surface area contributed by atoms with Gasteiger partial charge in [0.25, 0.3) is 0 Å². The average molecular weight is 561 g/mol. The van der Waals surface area contributed by atoms with E-state index < -0.39 is 5.92 Å². The van der Waals surface area contributed by atoms with Gasteiger partial charge in [0.1, 0.15) is 0 Å². The summed E-state index contributed by atoms with van der Waals surface area (Å²) in [5.41, 5.74) is 2.86. The Labute approximate surface area is 249 Å². The lowest BCUT2D eigenvalue weighted by Crippen LogP contribution is -2.17. The van der Waals surface area contributed by atoms with E-state index in [4.69, 9.17) is 0 Å². The van der Waals surface area contributed by atoms with Crippen LogP contribution in [-0.2, 0) is 0 Å². The fraction of sp³-hybridized carbons (Fsp3) is 0.737. The fourth-order valence-electron chi connectivity index (χ4n) is 5.79. The highest BCUT2D eigenvalue weighted by Gasteiger charge is 2.24. The van der Waals surface area contributed by atoms with Gasteiger partial charge in [-0.2, -0.15) is 0 Å². The van der Waals surface area contributed by atoms with Crippen molar-refractivity contribution in [1.29, 1.82) is 0 Å². The van der Waals surface area contributed by atoms with Gasteiger partial charge in [0.2, 0.25) is 5.92 Å². The molecule has 3 aliphatic carbocycles. The number of hydrogen-bond acceptors (Lipinski definition) is 0. The highest BCUT2D eigenvalue weighted by atomic mass is 19.3. The number of alkyl halides is 2. The quantitative estimate of drug-likeness (QED) is 0.174. The second-order valence-corrected chi connectivity index (χ2v) is 12.6. The lowest BCUT2D eigenvalue weighted by molar-refractivity contribution is 0.0255. The van der Waals surface area contributed by atoms with Crippen LogP contribution in [0, 0.1) is 29.6 Å². The van der Waals surface area contributed by atoms with Crippen molar-refractivity contribution in [2.24, 2.45) is 29.6 Å². The van der Waals surface area contributed by atoms with Crippen molar-refractivity contribution in [3.05, 3.63) is 60.3 Å². The first kappa shape index (κ1) is 38.6. The molecule has 2 heteroatoms. The second kappa shape index (κ2) is 22.2. The van der Waals surface area contributed by atoms with Crippen LogP contribution in [0.15, 0.2) is 60.3 Å². The van der Waals surface area contributed by atoms with E-state index >= 15 is 0 Å². The van der Waals surface area contributed by atoms with Crippen LogP contribution in [0.2, 0.25) is 0 Å². The van der Waals surface area contributed by atoms with E-state index in [9.17, 15) is 8.78 Å². The molecule has 0 spiro atoms. The Bertz CT molecular complexity index is 751. The van der Waals surface area contributed by atoms with Gasteiger partial charge in [-0.3, -0.25) is 0 Å². The highest BCUT2D eigenvalue weighted by Crippen LogP contribution is 2.38. The first-order chi connectivity index (χ1) is 18.6. The molecule has 0 amide bonds. The van der Waals surface area contributed by atoms with Gasteiger partial charge in [-0.1, -0.05) is 115 Å². The van der Waals surface area contributed by atoms with E-state index in [0.717, 1.165) is 42.9 Å². The van der Waals surface area contributed by atoms with Crippen molar-refractivity contribution >= 4 is 0 Å². The van der Waals surface area contributed by atoms with E-state index in [-0.39, 0.29) is 13.8 Å². The molecule has 2 fully saturated rings. The van der Waals surface area contributed by atoms with Gasteiger partial charge in [0.05, 0.1) is 0 Å². The van der Waals surface area contributed by atoms with Crippen LogP contribution >= 0.6 is 0 Å². The van der Waals surface area contributed by atoms with E-state index in [0.29, 0.717) is 0 Å². The van der Waals surface area contributed by atoms with E-state index in [2.05, 4.69) is 45.6 Å². The van der Waals surface area contributed by atoms with Crippen molar-refractivity contribution in [3.63, 3.8) is 0 Å². The standard InChI is InChI=1S/C21H36.C13H20F2.C3H6.CH4/c1-4-17(2)18(3)11-12-19-13-15-21(16-14-19)20-9-7-5-6-8-10-20;1-3-11(10-12-6-4-7-12)8-5-9-13(2,14)15;1-3-2;/h7,9-10,17-19,21H,4-6,8,11-16H2,1-3H3;3,5,8,12H,4,6-7,9-10H2,1-2H3;3H,1H2,2H3;1H4/b;8-5-,11-3+;;. The molecule has 3 rings (SSSR count). The molecule has 0 radical (unpaired) electrons. The van der Waals surface area contributed by atoms with Crippen molar-refractivity contribution in [1.82, 2.24) is 0 Å². The van der Waals surface area contributed by atoms with Crippen molar-refractivity contribution in [3.8, 4) is 0 Å². The molecule has 0 aliphatic heterocycles. The molecule has 0 aromatic carbocycles. The molecule has 3 aliphatic rings. The summed E-state index contributed by atoms with van der Waals surface area (Å²) >= 11 is 0. The van der Waals surface area contributed by atoms with Gasteiger partial charge in [-0.05, 0) is 107 Å². The Morgan fingerprint density at radius 2 is 1.65 bits per heavy atom. The SMILES string of the molecule is C.C/C=C(\C=C/CC(C)(F)F)CC1CCC1.C=CC.CCC(C)C(C)CCC1CCC(C2=CCCCC=C2)CC1. The lowest BCUT2D eigenvalue weighted by Gasteiger charge is -2.30. The molecular formula is C38H66F2. The molecule has 2 unspecified atom stereocenters. The molecule has 0 bridgehead atoms. The van der Waals surface area contributed by atoms with Crippen LogP contribution in [0.3, 0.4) is 0 Å². The van der Waals surface area contributed by atoms with Gasteiger partial charge in [0.15, 0.2) is 0 Å². The number of rotatable bonds is 11. The number of hydrogen-bond donors (Lipinski definition) is 0. The van der Waals surface area contributed by atoms with Crippen LogP contribution < -0.4 is 0 Å². The van der Waals surface area contributed by atoms with Crippen molar-refractivity contribution in [2.45, 2.75) is 151 Å². The summed E-state index contributed by atoms with van der Waals surface area (Å²) in [4.78, 5) is 0. The van der Waals surface area contributed by atoms with Gasteiger partial charge in [-0.15, -0.1) is 6.58 Å². The molecule has 232 valence electrons.